The largest absolute Gasteiger partial charge is 0.355 e. The molecule has 0 spiro atoms. The van der Waals surface area contributed by atoms with E-state index in [0.29, 0.717) is 22.0 Å². The van der Waals surface area contributed by atoms with Crippen LogP contribution >= 0.6 is 0 Å². The molecule has 0 radical (unpaired) electrons. The minimum atomic E-state index is -0.630. The maximum Gasteiger partial charge on any atom is 0.290 e. The van der Waals surface area contributed by atoms with Crippen LogP contribution < -0.4 is 21.7 Å². The Labute approximate surface area is 190 Å². The van der Waals surface area contributed by atoms with Gasteiger partial charge >= 0.3 is 0 Å². The third-order valence-corrected chi connectivity index (χ3v) is 5.51. The van der Waals surface area contributed by atoms with Crippen LogP contribution in [0.25, 0.3) is 10.8 Å². The van der Waals surface area contributed by atoms with E-state index in [9.17, 15) is 14.4 Å². The van der Waals surface area contributed by atoms with Crippen molar-refractivity contribution < 1.29 is 9.59 Å². The summed E-state index contributed by atoms with van der Waals surface area (Å²) in [5, 5.41) is 8.14. The summed E-state index contributed by atoms with van der Waals surface area (Å²) in [5.41, 5.74) is 8.63. The van der Waals surface area contributed by atoms with Gasteiger partial charge in [0.25, 0.3) is 17.4 Å². The molecule has 0 aliphatic heterocycles. The van der Waals surface area contributed by atoms with Gasteiger partial charge in [-0.2, -0.15) is 5.10 Å². The van der Waals surface area contributed by atoms with Gasteiger partial charge in [0.15, 0.2) is 5.69 Å². The molecular formula is C25H23N5O3. The SMILES string of the molecule is Cc1cccc(Nc2ccccc2C(=O)NNC(=O)c2nn(C)c(=O)c3ccccc23)c1C. The third kappa shape index (κ3) is 4.31. The van der Waals surface area contributed by atoms with Gasteiger partial charge in [-0.1, -0.05) is 42.5 Å². The van der Waals surface area contributed by atoms with Crippen LogP contribution in [0.3, 0.4) is 0 Å². The fourth-order valence-electron chi connectivity index (χ4n) is 3.53. The Hall–Kier alpha value is -4.46. The Balaban J connectivity index is 1.55. The number of nitrogens with one attached hydrogen (secondary N) is 3. The molecule has 0 bridgehead atoms. The number of carbonyl (C=O) groups is 2. The highest BCUT2D eigenvalue weighted by Crippen LogP contribution is 2.25. The molecule has 0 aliphatic carbocycles. The van der Waals surface area contributed by atoms with E-state index in [1.54, 1.807) is 42.5 Å². The van der Waals surface area contributed by atoms with Crippen molar-refractivity contribution in [3.63, 3.8) is 0 Å². The summed E-state index contributed by atoms with van der Waals surface area (Å²) >= 11 is 0. The van der Waals surface area contributed by atoms with Crippen LogP contribution in [0.2, 0.25) is 0 Å². The van der Waals surface area contributed by atoms with Crippen molar-refractivity contribution in [2.24, 2.45) is 7.05 Å². The molecule has 0 saturated carbocycles. The van der Waals surface area contributed by atoms with E-state index >= 15 is 0 Å². The van der Waals surface area contributed by atoms with Crippen molar-refractivity contribution in [2.75, 3.05) is 5.32 Å². The zero-order valence-electron chi connectivity index (χ0n) is 18.5. The van der Waals surface area contributed by atoms with Gasteiger partial charge in [0.1, 0.15) is 0 Å². The fraction of sp³-hybridized carbons (Fsp3) is 0.120. The maximum atomic E-state index is 12.9. The molecule has 33 heavy (non-hydrogen) atoms. The predicted molar refractivity (Wildman–Crippen MR) is 128 cm³/mol. The van der Waals surface area contributed by atoms with Crippen molar-refractivity contribution in [2.45, 2.75) is 13.8 Å². The van der Waals surface area contributed by atoms with Crippen LogP contribution in [-0.4, -0.2) is 21.6 Å². The Morgan fingerprint density at radius 1 is 0.788 bits per heavy atom. The molecule has 3 aromatic carbocycles. The third-order valence-electron chi connectivity index (χ3n) is 5.51. The van der Waals surface area contributed by atoms with Crippen molar-refractivity contribution in [3.8, 4) is 0 Å². The number of hydrogen-bond acceptors (Lipinski definition) is 5. The Bertz CT molecular complexity index is 1440. The molecule has 2 amide bonds. The van der Waals surface area contributed by atoms with Crippen molar-refractivity contribution in [1.29, 1.82) is 0 Å². The molecule has 0 saturated heterocycles. The molecule has 0 unspecified atom stereocenters. The number of benzene rings is 3. The van der Waals surface area contributed by atoms with Crippen LogP contribution in [0.4, 0.5) is 11.4 Å². The topological polar surface area (TPSA) is 105 Å². The Morgan fingerprint density at radius 3 is 2.21 bits per heavy atom. The highest BCUT2D eigenvalue weighted by atomic mass is 16.2. The lowest BCUT2D eigenvalue weighted by molar-refractivity contribution is 0.0844. The molecule has 8 nitrogen and oxygen atoms in total. The van der Waals surface area contributed by atoms with E-state index in [0.717, 1.165) is 21.5 Å². The zero-order chi connectivity index (χ0) is 23.5. The second-order valence-electron chi connectivity index (χ2n) is 7.65. The second kappa shape index (κ2) is 8.96. The van der Waals surface area contributed by atoms with Crippen LogP contribution in [0.5, 0.6) is 0 Å². The first kappa shape index (κ1) is 21.8. The first-order chi connectivity index (χ1) is 15.9. The average Bonchev–Trinajstić information content (AvgIpc) is 2.83. The predicted octanol–water partition coefficient (Wildman–Crippen LogP) is 3.37. The summed E-state index contributed by atoms with van der Waals surface area (Å²) in [6, 6.07) is 19.6. The smallest absolute Gasteiger partial charge is 0.290 e. The number of hydrogen-bond donors (Lipinski definition) is 3. The zero-order valence-corrected chi connectivity index (χ0v) is 18.5. The first-order valence-corrected chi connectivity index (χ1v) is 10.4. The van der Waals surface area contributed by atoms with Gasteiger partial charge in [-0.3, -0.25) is 25.2 Å². The molecule has 1 aromatic heterocycles. The van der Waals surface area contributed by atoms with Crippen LogP contribution in [0.1, 0.15) is 32.0 Å². The Kier molecular flexibility index (Phi) is 5.91. The standard InChI is InChI=1S/C25H23N5O3/c1-15-9-8-14-20(16(15)2)26-21-13-7-6-12-19(21)23(31)27-28-24(32)22-17-10-4-5-11-18(17)25(33)30(3)29-22/h4-14,26H,1-3H3,(H,27,31)(H,28,32). The maximum absolute atomic E-state index is 12.9. The van der Waals surface area contributed by atoms with E-state index in [2.05, 4.69) is 21.3 Å². The lowest BCUT2D eigenvalue weighted by atomic mass is 10.1. The van der Waals surface area contributed by atoms with E-state index < -0.39 is 11.8 Å². The number of para-hydroxylation sites is 1. The van der Waals surface area contributed by atoms with Crippen LogP contribution in [-0.2, 0) is 7.05 Å². The molecule has 8 heteroatoms. The van der Waals surface area contributed by atoms with E-state index in [4.69, 9.17) is 0 Å². The number of aromatic nitrogens is 2. The molecular weight excluding hydrogens is 418 g/mol. The number of nitrogens with zero attached hydrogens (tertiary/aromatic N) is 2. The summed E-state index contributed by atoms with van der Waals surface area (Å²) in [4.78, 5) is 38.0. The average molecular weight is 441 g/mol. The van der Waals surface area contributed by atoms with Gasteiger partial charge in [0.05, 0.1) is 16.6 Å². The summed E-state index contributed by atoms with van der Waals surface area (Å²) in [5.74, 6) is -1.12. The molecule has 166 valence electrons. The minimum Gasteiger partial charge on any atom is -0.355 e. The van der Waals surface area contributed by atoms with E-state index in [1.165, 1.54) is 7.05 Å². The number of hydrazine groups is 1. The Morgan fingerprint density at radius 2 is 1.42 bits per heavy atom. The van der Waals surface area contributed by atoms with Crippen molar-refractivity contribution in [1.82, 2.24) is 20.6 Å². The highest BCUT2D eigenvalue weighted by molar-refractivity contribution is 6.06. The van der Waals surface area contributed by atoms with Crippen LogP contribution in [0, 0.1) is 13.8 Å². The molecule has 0 atom stereocenters. The number of anilines is 2. The number of aryl methyl sites for hydroxylation is 2. The normalized spacial score (nSPS) is 10.6. The lowest BCUT2D eigenvalue weighted by Crippen LogP contribution is -2.42. The van der Waals surface area contributed by atoms with Crippen LogP contribution in [0.15, 0.2) is 71.5 Å². The lowest BCUT2D eigenvalue weighted by Gasteiger charge is -2.15. The molecule has 4 rings (SSSR count). The van der Waals surface area contributed by atoms with E-state index in [-0.39, 0.29) is 11.3 Å². The molecule has 0 aliphatic rings. The highest BCUT2D eigenvalue weighted by Gasteiger charge is 2.18. The monoisotopic (exact) mass is 441 g/mol. The summed E-state index contributed by atoms with van der Waals surface area (Å²) in [7, 11) is 1.47. The number of amides is 2. The first-order valence-electron chi connectivity index (χ1n) is 10.4. The summed E-state index contributed by atoms with van der Waals surface area (Å²) in [6.45, 7) is 4.02. The molecule has 1 heterocycles. The van der Waals surface area contributed by atoms with Gasteiger partial charge in [0, 0.05) is 18.1 Å². The minimum absolute atomic E-state index is 0.0368. The second-order valence-corrected chi connectivity index (χ2v) is 7.65. The number of rotatable bonds is 4. The molecule has 0 fully saturated rings. The van der Waals surface area contributed by atoms with Gasteiger partial charge in [-0.05, 0) is 49.2 Å². The van der Waals surface area contributed by atoms with Crippen molar-refractivity contribution in [3.05, 3.63) is 99.5 Å². The van der Waals surface area contributed by atoms with Crippen molar-refractivity contribution >= 4 is 34.0 Å². The summed E-state index contributed by atoms with van der Waals surface area (Å²) in [6.07, 6.45) is 0. The molecule has 4 aromatic rings. The summed E-state index contributed by atoms with van der Waals surface area (Å²) < 4.78 is 1.10. The van der Waals surface area contributed by atoms with Gasteiger partial charge in [-0.25, -0.2) is 4.68 Å². The number of fused-ring (bicyclic) bond motifs is 1. The van der Waals surface area contributed by atoms with Gasteiger partial charge in [0.2, 0.25) is 0 Å². The van der Waals surface area contributed by atoms with Gasteiger partial charge < -0.3 is 5.32 Å². The van der Waals surface area contributed by atoms with Gasteiger partial charge in [-0.15, -0.1) is 0 Å². The quantitative estimate of drug-likeness (QED) is 0.421. The fourth-order valence-corrected chi connectivity index (χ4v) is 3.53. The van der Waals surface area contributed by atoms with E-state index in [1.807, 2.05) is 38.1 Å². The number of carbonyl (C=O) groups excluding carboxylic acids is 2. The molecule has 3 N–H and O–H groups in total.